The molecule has 0 N–H and O–H groups in total. The lowest BCUT2D eigenvalue weighted by atomic mass is 10.2. The minimum atomic E-state index is -0.392. The smallest absolute Gasteiger partial charge is 0.356 e. The molecular weight excluding hydrogens is 308 g/mol. The molecule has 4 nitrogen and oxygen atoms in total. The van der Waals surface area contributed by atoms with Crippen molar-refractivity contribution in [3.05, 3.63) is 51.5 Å². The van der Waals surface area contributed by atoms with E-state index in [-0.39, 0.29) is 0 Å². The Morgan fingerprint density at radius 1 is 1.30 bits per heavy atom. The molecule has 5 heteroatoms. The van der Waals surface area contributed by atoms with Crippen LogP contribution in [0.4, 0.5) is 0 Å². The predicted molar refractivity (Wildman–Crippen MR) is 93.6 cm³/mol. The number of hydrogen-bond acceptors (Lipinski definition) is 5. The first-order valence-electron chi connectivity index (χ1n) is 7.79. The van der Waals surface area contributed by atoms with E-state index < -0.39 is 5.97 Å². The van der Waals surface area contributed by atoms with Crippen LogP contribution in [-0.2, 0) is 17.8 Å². The van der Waals surface area contributed by atoms with Crippen molar-refractivity contribution in [2.45, 2.75) is 33.9 Å². The molecule has 0 aliphatic heterocycles. The third kappa shape index (κ3) is 5.15. The number of thiophene rings is 1. The number of hydrogen-bond donors (Lipinski definition) is 0. The van der Waals surface area contributed by atoms with Crippen LogP contribution in [0.5, 0.6) is 0 Å². The maximum atomic E-state index is 11.6. The molecule has 0 saturated carbocycles. The molecule has 0 aliphatic rings. The van der Waals surface area contributed by atoms with Crippen LogP contribution in [-0.4, -0.2) is 29.5 Å². The van der Waals surface area contributed by atoms with Crippen molar-refractivity contribution < 1.29 is 9.53 Å². The van der Waals surface area contributed by atoms with Crippen molar-refractivity contribution in [1.29, 1.82) is 0 Å². The van der Waals surface area contributed by atoms with Crippen LogP contribution >= 0.6 is 11.3 Å². The molecule has 2 aromatic heterocycles. The van der Waals surface area contributed by atoms with E-state index in [1.165, 1.54) is 17.6 Å². The molecule has 0 unspecified atom stereocenters. The molecular formula is C18H24N2O2S. The van der Waals surface area contributed by atoms with Crippen molar-refractivity contribution in [3.8, 4) is 0 Å². The van der Waals surface area contributed by atoms with E-state index in [1.54, 1.807) is 17.4 Å². The van der Waals surface area contributed by atoms with Crippen LogP contribution in [0.1, 0.15) is 40.5 Å². The molecule has 2 heterocycles. The number of carbonyl (C=O) groups excluding carboxylic acids is 1. The Hall–Kier alpha value is -1.72. The lowest BCUT2D eigenvalue weighted by molar-refractivity contribution is 0.0593. The van der Waals surface area contributed by atoms with Crippen LogP contribution in [0.3, 0.4) is 0 Å². The summed E-state index contributed by atoms with van der Waals surface area (Å²) in [4.78, 5) is 19.8. The minimum absolute atomic E-state index is 0.363. The molecule has 124 valence electrons. The van der Waals surface area contributed by atoms with Crippen molar-refractivity contribution in [2.75, 3.05) is 13.7 Å². The molecule has 0 saturated heterocycles. The summed E-state index contributed by atoms with van der Waals surface area (Å²) in [5.41, 5.74) is 2.59. The first-order chi connectivity index (χ1) is 11.0. The lowest BCUT2D eigenvalue weighted by Crippen LogP contribution is -2.27. The van der Waals surface area contributed by atoms with E-state index in [0.717, 1.165) is 25.3 Å². The topological polar surface area (TPSA) is 42.4 Å². The molecule has 0 fully saturated rings. The second-order valence-corrected chi connectivity index (χ2v) is 7.10. The second kappa shape index (κ2) is 8.22. The number of nitrogens with zero attached hydrogens (tertiary/aromatic N) is 2. The van der Waals surface area contributed by atoms with E-state index in [1.807, 2.05) is 12.1 Å². The van der Waals surface area contributed by atoms with Crippen molar-refractivity contribution in [2.24, 2.45) is 5.92 Å². The van der Waals surface area contributed by atoms with Gasteiger partial charge in [0.1, 0.15) is 5.69 Å². The van der Waals surface area contributed by atoms with E-state index in [9.17, 15) is 4.79 Å². The quantitative estimate of drug-likeness (QED) is 0.721. The molecule has 0 atom stereocenters. The fourth-order valence-corrected chi connectivity index (χ4v) is 3.43. The number of carbonyl (C=O) groups is 1. The SMILES string of the molecule is COC(=O)c1cccc(CN(Cc2sccc2C)CC(C)C)n1. The fraction of sp³-hybridized carbons (Fsp3) is 0.444. The largest absolute Gasteiger partial charge is 0.464 e. The van der Waals surface area contributed by atoms with E-state index in [0.29, 0.717) is 11.6 Å². The van der Waals surface area contributed by atoms with Gasteiger partial charge in [0.2, 0.25) is 0 Å². The van der Waals surface area contributed by atoms with Gasteiger partial charge in [-0.15, -0.1) is 11.3 Å². The highest BCUT2D eigenvalue weighted by molar-refractivity contribution is 7.10. The summed E-state index contributed by atoms with van der Waals surface area (Å²) < 4.78 is 4.75. The maximum absolute atomic E-state index is 11.6. The molecule has 2 aromatic rings. The molecule has 0 aromatic carbocycles. The van der Waals surface area contributed by atoms with Crippen LogP contribution in [0.15, 0.2) is 29.6 Å². The van der Waals surface area contributed by atoms with Gasteiger partial charge in [0.15, 0.2) is 0 Å². The van der Waals surface area contributed by atoms with E-state index >= 15 is 0 Å². The number of esters is 1. The number of pyridine rings is 1. The highest BCUT2D eigenvalue weighted by atomic mass is 32.1. The average molecular weight is 332 g/mol. The molecule has 0 bridgehead atoms. The van der Waals surface area contributed by atoms with Gasteiger partial charge in [-0.25, -0.2) is 9.78 Å². The average Bonchev–Trinajstić information content (AvgIpc) is 2.91. The normalized spacial score (nSPS) is 11.2. The number of rotatable bonds is 7. The van der Waals surface area contributed by atoms with E-state index in [2.05, 4.69) is 42.1 Å². The zero-order valence-corrected chi connectivity index (χ0v) is 15.0. The maximum Gasteiger partial charge on any atom is 0.356 e. The fourth-order valence-electron chi connectivity index (χ4n) is 2.49. The lowest BCUT2D eigenvalue weighted by Gasteiger charge is -2.24. The molecule has 0 aliphatic carbocycles. The highest BCUT2D eigenvalue weighted by Gasteiger charge is 2.14. The Balaban J connectivity index is 2.14. The second-order valence-electron chi connectivity index (χ2n) is 6.10. The zero-order valence-electron chi connectivity index (χ0n) is 14.2. The molecule has 2 rings (SSSR count). The number of ether oxygens (including phenoxy) is 1. The van der Waals surface area contributed by atoms with Gasteiger partial charge in [-0.05, 0) is 42.0 Å². The Kier molecular flexibility index (Phi) is 6.30. The summed E-state index contributed by atoms with van der Waals surface area (Å²) in [7, 11) is 1.38. The number of aromatic nitrogens is 1. The first kappa shape index (κ1) is 17.6. The summed E-state index contributed by atoms with van der Waals surface area (Å²) in [5.74, 6) is 0.176. The third-order valence-electron chi connectivity index (χ3n) is 3.55. The van der Waals surface area contributed by atoms with Gasteiger partial charge in [0.25, 0.3) is 0 Å². The molecule has 23 heavy (non-hydrogen) atoms. The zero-order chi connectivity index (χ0) is 16.8. The minimum Gasteiger partial charge on any atom is -0.464 e. The predicted octanol–water partition coefficient (Wildman–Crippen LogP) is 3.90. The Bertz CT molecular complexity index is 652. The van der Waals surface area contributed by atoms with Crippen molar-refractivity contribution in [1.82, 2.24) is 9.88 Å². The van der Waals surface area contributed by atoms with Gasteiger partial charge in [0.05, 0.1) is 12.8 Å². The van der Waals surface area contributed by atoms with Crippen LogP contribution in [0, 0.1) is 12.8 Å². The van der Waals surface area contributed by atoms with Gasteiger partial charge >= 0.3 is 5.97 Å². The van der Waals surface area contributed by atoms with E-state index in [4.69, 9.17) is 4.74 Å². The van der Waals surface area contributed by atoms with Gasteiger partial charge in [-0.3, -0.25) is 4.90 Å². The summed E-state index contributed by atoms with van der Waals surface area (Å²) in [5, 5.41) is 2.13. The monoisotopic (exact) mass is 332 g/mol. The van der Waals surface area contributed by atoms with Crippen LogP contribution < -0.4 is 0 Å². The highest BCUT2D eigenvalue weighted by Crippen LogP contribution is 2.19. The summed E-state index contributed by atoms with van der Waals surface area (Å²) in [6.07, 6.45) is 0. The Morgan fingerprint density at radius 3 is 2.70 bits per heavy atom. The van der Waals surface area contributed by atoms with Crippen molar-refractivity contribution in [3.63, 3.8) is 0 Å². The van der Waals surface area contributed by atoms with Gasteiger partial charge in [-0.2, -0.15) is 0 Å². The summed E-state index contributed by atoms with van der Waals surface area (Å²) in [6, 6.07) is 7.66. The molecule has 0 amide bonds. The van der Waals surface area contributed by atoms with Crippen molar-refractivity contribution >= 4 is 17.3 Å². The Morgan fingerprint density at radius 2 is 2.09 bits per heavy atom. The molecule has 0 spiro atoms. The summed E-state index contributed by atoms with van der Waals surface area (Å²) >= 11 is 1.79. The number of methoxy groups -OCH3 is 1. The van der Waals surface area contributed by atoms with Gasteiger partial charge in [0, 0.05) is 24.5 Å². The standard InChI is InChI=1S/C18H24N2O2S/c1-13(2)10-20(12-17-14(3)8-9-23-17)11-15-6-5-7-16(19-15)18(21)22-4/h5-9,13H,10-12H2,1-4H3. The Labute approximate surface area is 142 Å². The van der Waals surface area contributed by atoms with Gasteiger partial charge < -0.3 is 4.74 Å². The van der Waals surface area contributed by atoms with Gasteiger partial charge in [-0.1, -0.05) is 19.9 Å². The number of aryl methyl sites for hydroxylation is 1. The van der Waals surface area contributed by atoms with Crippen LogP contribution in [0.2, 0.25) is 0 Å². The third-order valence-corrected chi connectivity index (χ3v) is 4.55. The van der Waals surface area contributed by atoms with Crippen LogP contribution in [0.25, 0.3) is 0 Å². The summed E-state index contributed by atoms with van der Waals surface area (Å²) in [6.45, 7) is 9.20. The molecule has 0 radical (unpaired) electrons. The first-order valence-corrected chi connectivity index (χ1v) is 8.67.